The molecular formula is C30H21N3O5S2. The minimum Gasteiger partial charge on any atom is -0.469 e. The number of carbonyl (C=O) groups excluding carboxylic acids is 3. The van der Waals surface area contributed by atoms with Gasteiger partial charge in [-0.15, -0.1) is 0 Å². The van der Waals surface area contributed by atoms with E-state index in [2.05, 4.69) is 5.32 Å². The smallest absolute Gasteiger partial charge is 0.308 e. The number of benzene rings is 3. The third-order valence-electron chi connectivity index (χ3n) is 7.28. The molecule has 3 unspecified atom stereocenters. The number of hydrogen-bond donors (Lipinski definition) is 1. The van der Waals surface area contributed by atoms with E-state index in [-0.39, 0.29) is 29.1 Å². The van der Waals surface area contributed by atoms with Crippen LogP contribution in [0.1, 0.15) is 16.6 Å². The Morgan fingerprint density at radius 1 is 0.875 bits per heavy atom. The molecular weight excluding hydrogens is 546 g/mol. The summed E-state index contributed by atoms with van der Waals surface area (Å²) in [5.74, 6) is -1.91. The van der Waals surface area contributed by atoms with Gasteiger partial charge in [0.1, 0.15) is 17.6 Å². The number of amides is 3. The molecule has 1 fully saturated rings. The van der Waals surface area contributed by atoms with Gasteiger partial charge in [-0.3, -0.25) is 23.7 Å². The van der Waals surface area contributed by atoms with Crippen molar-refractivity contribution in [3.63, 3.8) is 0 Å². The van der Waals surface area contributed by atoms with Gasteiger partial charge < -0.3 is 9.73 Å². The number of para-hydroxylation sites is 1. The van der Waals surface area contributed by atoms with Crippen molar-refractivity contribution in [3.05, 3.63) is 111 Å². The van der Waals surface area contributed by atoms with Crippen LogP contribution in [0.5, 0.6) is 0 Å². The van der Waals surface area contributed by atoms with Crippen molar-refractivity contribution in [1.82, 2.24) is 4.57 Å². The van der Waals surface area contributed by atoms with Crippen LogP contribution in [0.2, 0.25) is 0 Å². The Labute approximate surface area is 236 Å². The molecule has 2 aliphatic rings. The molecule has 3 atom stereocenters. The third-order valence-corrected chi connectivity index (χ3v) is 9.88. The van der Waals surface area contributed by atoms with Crippen LogP contribution in [-0.4, -0.2) is 27.5 Å². The van der Waals surface area contributed by atoms with Crippen molar-refractivity contribution >= 4 is 63.0 Å². The average molecular weight is 568 g/mol. The number of thioether (sulfide) groups is 1. The first-order valence-corrected chi connectivity index (χ1v) is 14.3. The number of nitrogens with zero attached hydrogens (tertiary/aromatic N) is 2. The Balaban J connectivity index is 1.26. The topological polar surface area (TPSA) is 102 Å². The van der Waals surface area contributed by atoms with E-state index in [9.17, 15) is 19.2 Å². The second kappa shape index (κ2) is 9.65. The van der Waals surface area contributed by atoms with E-state index in [4.69, 9.17) is 4.42 Å². The van der Waals surface area contributed by atoms with Gasteiger partial charge in [-0.1, -0.05) is 77.7 Å². The van der Waals surface area contributed by atoms with Crippen LogP contribution in [0.15, 0.2) is 105 Å². The van der Waals surface area contributed by atoms with Crippen molar-refractivity contribution in [3.8, 4) is 0 Å². The average Bonchev–Trinajstić information content (AvgIpc) is 3.66. The van der Waals surface area contributed by atoms with E-state index in [1.54, 1.807) is 36.4 Å². The van der Waals surface area contributed by atoms with E-state index >= 15 is 0 Å². The molecule has 10 heteroatoms. The lowest BCUT2D eigenvalue weighted by Gasteiger charge is -2.29. The summed E-state index contributed by atoms with van der Waals surface area (Å²) in [7, 11) is 0. The van der Waals surface area contributed by atoms with E-state index in [0.29, 0.717) is 27.0 Å². The van der Waals surface area contributed by atoms with Crippen molar-refractivity contribution < 1.29 is 18.8 Å². The SMILES string of the molecule is O=C(Cn1c2c(sc1=O)C(c1ccco1)C1C(=O)N(c3ccccc3)C(=O)C1S2)Nc1cccc2ccccc12. The Bertz CT molecular complexity index is 1840. The fraction of sp³-hybridized carbons (Fsp3) is 0.133. The summed E-state index contributed by atoms with van der Waals surface area (Å²) in [6.07, 6.45) is 1.51. The summed E-state index contributed by atoms with van der Waals surface area (Å²) in [5, 5.41) is 4.56. The predicted octanol–water partition coefficient (Wildman–Crippen LogP) is 5.09. The molecule has 0 radical (unpaired) electrons. The summed E-state index contributed by atoms with van der Waals surface area (Å²) in [6, 6.07) is 25.7. The molecule has 0 spiro atoms. The number of rotatable bonds is 5. The maximum atomic E-state index is 13.8. The van der Waals surface area contributed by atoms with Gasteiger partial charge in [-0.05, 0) is 35.7 Å². The number of nitrogens with one attached hydrogen (secondary N) is 1. The van der Waals surface area contributed by atoms with Gasteiger partial charge >= 0.3 is 4.87 Å². The van der Waals surface area contributed by atoms with Gasteiger partial charge in [-0.2, -0.15) is 0 Å². The van der Waals surface area contributed by atoms with E-state index in [0.717, 1.165) is 22.1 Å². The van der Waals surface area contributed by atoms with Crippen LogP contribution in [0, 0.1) is 5.92 Å². The van der Waals surface area contributed by atoms with Crippen molar-refractivity contribution in [2.45, 2.75) is 22.7 Å². The maximum Gasteiger partial charge on any atom is 0.308 e. The van der Waals surface area contributed by atoms with E-state index < -0.39 is 17.1 Å². The number of hydrogen-bond acceptors (Lipinski definition) is 7. The number of anilines is 2. The van der Waals surface area contributed by atoms with Crippen LogP contribution >= 0.6 is 23.1 Å². The minimum absolute atomic E-state index is 0.228. The Hall–Kier alpha value is -4.41. The van der Waals surface area contributed by atoms with Crippen LogP contribution in [0.3, 0.4) is 0 Å². The Morgan fingerprint density at radius 3 is 2.45 bits per heavy atom. The van der Waals surface area contributed by atoms with Gasteiger partial charge in [0.25, 0.3) is 0 Å². The quantitative estimate of drug-likeness (QED) is 0.297. The van der Waals surface area contributed by atoms with E-state index in [1.807, 2.05) is 48.5 Å². The first kappa shape index (κ1) is 24.6. The summed E-state index contributed by atoms with van der Waals surface area (Å²) in [6.45, 7) is -0.228. The zero-order valence-electron chi connectivity index (χ0n) is 20.9. The number of imide groups is 1. The lowest BCUT2D eigenvalue weighted by Crippen LogP contribution is -2.32. The number of carbonyl (C=O) groups is 3. The van der Waals surface area contributed by atoms with E-state index in [1.165, 1.54) is 27.5 Å². The van der Waals surface area contributed by atoms with Crippen LogP contribution in [0.4, 0.5) is 11.4 Å². The standard InChI is InChI=1S/C30H21N3O5S2/c34-22(31-20-13-6-9-17-8-4-5-12-19(17)20)16-32-29-26(40-30(32)37)23(21-14-7-15-38-21)24-25(39-29)28(36)33(27(24)35)18-10-2-1-3-11-18/h1-15,23-25H,16H2,(H,31,34). The molecule has 7 rings (SSSR count). The molecule has 3 aromatic carbocycles. The highest BCUT2D eigenvalue weighted by molar-refractivity contribution is 8.00. The fourth-order valence-corrected chi connectivity index (χ4v) is 8.28. The van der Waals surface area contributed by atoms with Gasteiger partial charge in [0.05, 0.1) is 33.7 Å². The van der Waals surface area contributed by atoms with Gasteiger partial charge in [0.15, 0.2) is 0 Å². The monoisotopic (exact) mass is 567 g/mol. The molecule has 0 saturated carbocycles. The zero-order valence-corrected chi connectivity index (χ0v) is 22.5. The van der Waals surface area contributed by atoms with Gasteiger partial charge in [0, 0.05) is 11.1 Å². The molecule has 0 bridgehead atoms. The highest BCUT2D eigenvalue weighted by atomic mass is 32.2. The normalized spacial score (nSPS) is 20.0. The number of furan rings is 1. The molecule has 1 N–H and O–H groups in total. The second-order valence-electron chi connectivity index (χ2n) is 9.60. The Kier molecular flexibility index (Phi) is 5.94. The van der Waals surface area contributed by atoms with Crippen LogP contribution in [0.25, 0.3) is 10.8 Å². The highest BCUT2D eigenvalue weighted by Gasteiger charge is 2.57. The molecule has 2 aromatic heterocycles. The molecule has 0 aliphatic carbocycles. The first-order valence-electron chi connectivity index (χ1n) is 12.7. The highest BCUT2D eigenvalue weighted by Crippen LogP contribution is 2.53. The number of fused-ring (bicyclic) bond motifs is 3. The van der Waals surface area contributed by atoms with Crippen molar-refractivity contribution in [2.24, 2.45) is 5.92 Å². The number of aromatic nitrogens is 1. The Morgan fingerprint density at radius 2 is 1.65 bits per heavy atom. The summed E-state index contributed by atoms with van der Waals surface area (Å²) in [5.41, 5.74) is 1.15. The molecule has 1 saturated heterocycles. The lowest BCUT2D eigenvalue weighted by atomic mass is 9.87. The molecule has 3 amide bonds. The molecule has 2 aliphatic heterocycles. The molecule has 4 heterocycles. The summed E-state index contributed by atoms with van der Waals surface area (Å²) < 4.78 is 7.14. The van der Waals surface area contributed by atoms with Crippen molar-refractivity contribution in [2.75, 3.05) is 10.2 Å². The second-order valence-corrected chi connectivity index (χ2v) is 11.7. The molecule has 198 valence electrons. The fourth-order valence-electron chi connectivity index (χ4n) is 5.53. The predicted molar refractivity (Wildman–Crippen MR) is 154 cm³/mol. The summed E-state index contributed by atoms with van der Waals surface area (Å²) in [4.78, 5) is 55.4. The molecule has 8 nitrogen and oxygen atoms in total. The zero-order chi connectivity index (χ0) is 27.4. The minimum atomic E-state index is -0.767. The van der Waals surface area contributed by atoms with Crippen LogP contribution < -0.4 is 15.1 Å². The number of thiazole rings is 1. The maximum absolute atomic E-state index is 13.8. The lowest BCUT2D eigenvalue weighted by molar-refractivity contribution is -0.122. The van der Waals surface area contributed by atoms with Crippen molar-refractivity contribution in [1.29, 1.82) is 0 Å². The molecule has 5 aromatic rings. The van der Waals surface area contributed by atoms with Crippen LogP contribution in [-0.2, 0) is 20.9 Å². The largest absolute Gasteiger partial charge is 0.469 e. The summed E-state index contributed by atoms with van der Waals surface area (Å²) >= 11 is 2.16. The molecule has 40 heavy (non-hydrogen) atoms. The third kappa shape index (κ3) is 3.90. The first-order chi connectivity index (χ1) is 19.5. The van der Waals surface area contributed by atoms with Gasteiger partial charge in [0.2, 0.25) is 17.7 Å². The van der Waals surface area contributed by atoms with Gasteiger partial charge in [-0.25, -0.2) is 4.90 Å².